The molecular weight excluding hydrogens is 183 g/mol. The summed E-state index contributed by atoms with van der Waals surface area (Å²) >= 11 is 0. The van der Waals surface area contributed by atoms with Crippen LogP contribution in [0.3, 0.4) is 0 Å². The van der Waals surface area contributed by atoms with Crippen molar-refractivity contribution in [2.24, 2.45) is 0 Å². The number of rotatable bonds is 4. The van der Waals surface area contributed by atoms with Crippen molar-refractivity contribution in [3.8, 4) is 0 Å². The van der Waals surface area contributed by atoms with Gasteiger partial charge in [-0.15, -0.1) is 0 Å². The molecule has 0 aliphatic rings. The van der Waals surface area contributed by atoms with Gasteiger partial charge in [-0.1, -0.05) is 0 Å². The summed E-state index contributed by atoms with van der Waals surface area (Å²) in [5, 5.41) is 14.3. The second-order valence-corrected chi connectivity index (χ2v) is 7.54. The molecule has 2 N–H and O–H groups in total. The lowest BCUT2D eigenvalue weighted by Gasteiger charge is -1.94. The highest BCUT2D eigenvalue weighted by Gasteiger charge is 2.22. The Kier molecular flexibility index (Phi) is 3.36. The Morgan fingerprint density at radius 3 is 3.33 bits per heavy atom. The second kappa shape index (κ2) is 5.06. The van der Waals surface area contributed by atoms with Gasteiger partial charge in [-0.05, 0) is 8.21 Å². The van der Waals surface area contributed by atoms with Crippen molar-refractivity contribution in [2.75, 3.05) is 0 Å². The molecule has 0 amide bonds. The van der Waals surface area contributed by atoms with Crippen LogP contribution >= 0.6 is 15.7 Å². The highest BCUT2D eigenvalue weighted by molar-refractivity contribution is 8.36. The van der Waals surface area contributed by atoms with Crippen LogP contribution in [0.1, 0.15) is 1.37 Å². The lowest BCUT2D eigenvalue weighted by molar-refractivity contribution is -0.143. The summed E-state index contributed by atoms with van der Waals surface area (Å²) in [6, 6.07) is 0. The van der Waals surface area contributed by atoms with Crippen LogP contribution in [0.4, 0.5) is 4.20 Å². The fraction of sp³-hybridized carbons (Fsp3) is 0. The molecule has 0 aliphatic carbocycles. The zero-order chi connectivity index (χ0) is 9.02. The van der Waals surface area contributed by atoms with Crippen molar-refractivity contribution in [1.29, 1.82) is 6.69 Å². The summed E-state index contributed by atoms with van der Waals surface area (Å²) in [5.74, 6) is -0.913. The minimum Gasteiger partial charge on any atom is -0.356 e. The number of nitrogens with one attached hydrogen (secondary N) is 1. The van der Waals surface area contributed by atoms with Crippen LogP contribution in [0.25, 0.3) is 0 Å². The normalized spacial score (nSPS) is 18.9. The largest absolute Gasteiger partial charge is 0.601 e. The molecule has 0 saturated carbocycles. The van der Waals surface area contributed by atoms with Crippen LogP contribution in [0, 0.1) is 5.41 Å². The van der Waals surface area contributed by atoms with Crippen molar-refractivity contribution in [3.63, 3.8) is 0 Å². The zero-order valence-corrected chi connectivity index (χ0v) is 6.82. The summed E-state index contributed by atoms with van der Waals surface area (Å²) in [6.45, 7) is 0. The molecule has 0 aliphatic heterocycles. The first-order valence-electron chi connectivity index (χ1n) is 2.60. The van der Waals surface area contributed by atoms with Gasteiger partial charge in [0.1, 0.15) is 0 Å². The maximum Gasteiger partial charge on any atom is 0.601 e. The molecule has 0 fully saturated rings. The summed E-state index contributed by atoms with van der Waals surface area (Å²) in [6.07, 6.45) is 0. The van der Waals surface area contributed by atoms with Gasteiger partial charge in [-0.2, -0.15) is 0 Å². The fourth-order valence-corrected chi connectivity index (χ4v) is 2.58. The molecule has 2 atom stereocenters. The summed E-state index contributed by atoms with van der Waals surface area (Å²) in [7, 11) is -8.52. The van der Waals surface area contributed by atoms with Gasteiger partial charge in [0.25, 0.3) is 0 Å². The number of halogens is 1. The van der Waals surface area contributed by atoms with E-state index in [9.17, 15) is 8.66 Å². The van der Waals surface area contributed by atoms with E-state index in [0.717, 1.165) is 0 Å². The Hall–Kier alpha value is 0.237. The standard InChI is InChI=1S/CH4FNO3P2Si/c2-8(7-1-3)9(5)6-4/h1,3-4,7H/i1T,7D. The summed E-state index contributed by atoms with van der Waals surface area (Å²) in [5.41, 5.74) is 0. The average molecular weight is 190 g/mol. The topological polar surface area (TPSA) is 70.4 Å². The van der Waals surface area contributed by atoms with Gasteiger partial charge >= 0.3 is 8.59 Å². The lowest BCUT2D eigenvalue weighted by Crippen LogP contribution is -1.95. The van der Waals surface area contributed by atoms with Gasteiger partial charge in [0.15, 0.2) is 7.47 Å². The Morgan fingerprint density at radius 2 is 3.00 bits per heavy atom. The van der Waals surface area contributed by atoms with Crippen molar-refractivity contribution in [1.82, 2.24) is 0 Å². The second-order valence-electron chi connectivity index (χ2n) is 0.829. The third kappa shape index (κ3) is 3.76. The SMILES string of the molecule is [2H]P(C([3H])=N)P(F)[Si](=O)OO. The average Bonchev–Trinajstić information content (AvgIpc) is 2.00. The van der Waals surface area contributed by atoms with Gasteiger partial charge in [0.05, 0.1) is 2.65 Å². The van der Waals surface area contributed by atoms with Gasteiger partial charge < -0.3 is 14.4 Å². The Balaban J connectivity index is 4.12. The zero-order valence-electron chi connectivity index (χ0n) is 6.04. The summed E-state index contributed by atoms with van der Waals surface area (Å²) < 4.78 is 39.4. The van der Waals surface area contributed by atoms with Crippen LogP contribution in [-0.2, 0) is 9.04 Å². The highest BCUT2D eigenvalue weighted by atomic mass is 32.2. The first-order chi connectivity index (χ1) is 5.00. The Bertz CT molecular complexity index is 183. The maximum atomic E-state index is 12.5. The van der Waals surface area contributed by atoms with E-state index in [1.54, 1.807) is 0 Å². The molecule has 9 heavy (non-hydrogen) atoms. The molecule has 0 rings (SSSR count). The van der Waals surface area contributed by atoms with Crippen molar-refractivity contribution >= 4 is 30.2 Å². The van der Waals surface area contributed by atoms with E-state index in [0.29, 0.717) is 0 Å². The molecule has 52 valence electrons. The first kappa shape index (κ1) is 5.98. The molecule has 0 aromatic carbocycles. The van der Waals surface area contributed by atoms with Crippen molar-refractivity contribution < 1.29 is 19.9 Å². The fourth-order valence-electron chi connectivity index (χ4n) is 0.118. The van der Waals surface area contributed by atoms with E-state index >= 15 is 0 Å². The highest BCUT2D eigenvalue weighted by Crippen LogP contribution is 2.54. The van der Waals surface area contributed by atoms with Crippen molar-refractivity contribution in [2.45, 2.75) is 0 Å². The van der Waals surface area contributed by atoms with Crippen LogP contribution in [0.5, 0.6) is 0 Å². The molecule has 0 aromatic rings. The number of hydrogen-bond donors (Lipinski definition) is 2. The molecule has 0 saturated heterocycles. The van der Waals surface area contributed by atoms with E-state index in [4.69, 9.17) is 13.3 Å². The molecule has 4 nitrogen and oxygen atoms in total. The lowest BCUT2D eigenvalue weighted by atomic mass is 11.7. The maximum absolute atomic E-state index is 12.5. The third-order valence-corrected chi connectivity index (χ3v) is 5.44. The third-order valence-electron chi connectivity index (χ3n) is 0.367. The Labute approximate surface area is 57.7 Å². The molecule has 8 heteroatoms. The molecule has 0 radical (unpaired) electrons. The van der Waals surface area contributed by atoms with Gasteiger partial charge in [-0.3, -0.25) is 0 Å². The molecule has 0 bridgehead atoms. The first-order valence-corrected chi connectivity index (χ1v) is 6.65. The smallest absolute Gasteiger partial charge is 0.356 e. The van der Waals surface area contributed by atoms with Gasteiger partial charge in [0.2, 0.25) is 0 Å². The van der Waals surface area contributed by atoms with E-state index in [2.05, 4.69) is 4.58 Å². The summed E-state index contributed by atoms with van der Waals surface area (Å²) in [4.78, 5) is 0. The Morgan fingerprint density at radius 1 is 2.44 bits per heavy atom. The molecule has 0 spiro atoms. The van der Waals surface area contributed by atoms with Crippen molar-refractivity contribution in [3.05, 3.63) is 0 Å². The minimum absolute atomic E-state index is 0.913. The predicted octanol–water partition coefficient (Wildman–Crippen LogP) is 1.46. The van der Waals surface area contributed by atoms with E-state index in [1.165, 1.54) is 0 Å². The predicted molar refractivity (Wildman–Crippen MR) is 35.3 cm³/mol. The van der Waals surface area contributed by atoms with Crippen LogP contribution in [0.2, 0.25) is 0 Å². The van der Waals surface area contributed by atoms with Crippen LogP contribution < -0.4 is 0 Å². The van der Waals surface area contributed by atoms with Gasteiger partial charge in [-0.25, -0.2) is 9.45 Å². The number of hydrogen-bond acceptors (Lipinski definition) is 4. The van der Waals surface area contributed by atoms with Crippen LogP contribution in [-0.4, -0.2) is 21.1 Å². The van der Waals surface area contributed by atoms with Gasteiger partial charge in [0, 0.05) is 5.93 Å². The molecule has 0 aromatic heterocycles. The van der Waals surface area contributed by atoms with E-state index < -0.39 is 30.2 Å². The van der Waals surface area contributed by atoms with Crippen LogP contribution in [0.15, 0.2) is 0 Å². The molecular formula is CH4FNO3P2Si. The molecule has 2 unspecified atom stereocenters. The van der Waals surface area contributed by atoms with E-state index in [1.807, 2.05) is 0 Å². The van der Waals surface area contributed by atoms with E-state index in [-0.39, 0.29) is 0 Å². The minimum atomic E-state index is -3.27. The quantitative estimate of drug-likeness (QED) is 0.232. The monoisotopic (exact) mass is 190 g/mol. The molecule has 0 heterocycles.